The van der Waals surface area contributed by atoms with Gasteiger partial charge >= 0.3 is 5.97 Å². The fourth-order valence-electron chi connectivity index (χ4n) is 6.32. The molecule has 3 N–H and O–H groups in total. The highest BCUT2D eigenvalue weighted by atomic mass is 16.4. The van der Waals surface area contributed by atoms with E-state index in [1.165, 1.54) is 0 Å². The number of amides is 2. The minimum Gasteiger partial charge on any atom is -0.480 e. The van der Waals surface area contributed by atoms with Gasteiger partial charge in [-0.1, -0.05) is 78.9 Å². The van der Waals surface area contributed by atoms with Crippen molar-refractivity contribution < 1.29 is 24.3 Å². The maximum absolute atomic E-state index is 13.4. The molecular weight excluding hydrogens is 582 g/mol. The van der Waals surface area contributed by atoms with Crippen molar-refractivity contribution in [2.45, 2.75) is 37.8 Å². The fourth-order valence-corrected chi connectivity index (χ4v) is 6.32. The van der Waals surface area contributed by atoms with Crippen molar-refractivity contribution >= 4 is 29.3 Å². The molecule has 46 heavy (non-hydrogen) atoms. The average Bonchev–Trinajstić information content (AvgIpc) is 3.76. The van der Waals surface area contributed by atoms with Crippen molar-refractivity contribution in [3.63, 3.8) is 0 Å². The van der Waals surface area contributed by atoms with E-state index in [1.54, 1.807) is 54.6 Å². The summed E-state index contributed by atoms with van der Waals surface area (Å²) in [6.45, 7) is 0. The molecule has 10 heteroatoms. The molecule has 7 rings (SSSR count). The van der Waals surface area contributed by atoms with Crippen LogP contribution in [0.4, 0.5) is 5.69 Å². The molecule has 0 spiro atoms. The number of carboxylic acids is 1. The highest BCUT2D eigenvalue weighted by Crippen LogP contribution is 2.39. The lowest BCUT2D eigenvalue weighted by atomic mass is 9.99. The van der Waals surface area contributed by atoms with Crippen molar-refractivity contribution in [3.8, 4) is 11.1 Å². The highest BCUT2D eigenvalue weighted by Gasteiger charge is 2.34. The Morgan fingerprint density at radius 2 is 1.54 bits per heavy atom. The highest BCUT2D eigenvalue weighted by molar-refractivity contribution is 6.25. The van der Waals surface area contributed by atoms with E-state index < -0.39 is 18.1 Å². The van der Waals surface area contributed by atoms with Gasteiger partial charge in [0.15, 0.2) is 5.78 Å². The van der Waals surface area contributed by atoms with Gasteiger partial charge in [0.2, 0.25) is 5.91 Å². The van der Waals surface area contributed by atoms with E-state index in [9.17, 15) is 24.3 Å². The molecule has 228 valence electrons. The van der Waals surface area contributed by atoms with Gasteiger partial charge in [-0.25, -0.2) is 4.79 Å². The fraction of sp³-hybridized carbons (Fsp3) is 0.167. The summed E-state index contributed by atoms with van der Waals surface area (Å²) in [7, 11) is 0. The number of hydrogen-bond acceptors (Lipinski definition) is 6. The monoisotopic (exact) mass is 611 g/mol. The SMILES string of the molecule is O=C(Nc1ccc(C[C@H](NC(=O)[C@@H]2CCc3nnc(Cc4ccccc4)n32)C(=O)O)cc1)c1cccc2c1-c1ccccc1C2=O. The molecule has 2 atom stereocenters. The van der Waals surface area contributed by atoms with Crippen LogP contribution in [0.2, 0.25) is 0 Å². The summed E-state index contributed by atoms with van der Waals surface area (Å²) in [6.07, 6.45) is 1.67. The Balaban J connectivity index is 1.02. The lowest BCUT2D eigenvalue weighted by Gasteiger charge is -2.20. The molecule has 0 saturated heterocycles. The largest absolute Gasteiger partial charge is 0.480 e. The molecule has 0 bridgehead atoms. The van der Waals surface area contributed by atoms with Gasteiger partial charge in [0.05, 0.1) is 0 Å². The topological polar surface area (TPSA) is 143 Å². The zero-order valence-electron chi connectivity index (χ0n) is 24.6. The Labute approximate surface area is 264 Å². The number of ketones is 1. The third-order valence-corrected chi connectivity index (χ3v) is 8.56. The zero-order chi connectivity index (χ0) is 31.8. The van der Waals surface area contributed by atoms with Gasteiger partial charge in [-0.3, -0.25) is 14.4 Å². The first-order valence-corrected chi connectivity index (χ1v) is 15.0. The number of aromatic nitrogens is 3. The quantitative estimate of drug-likeness (QED) is 0.216. The van der Waals surface area contributed by atoms with Crippen LogP contribution < -0.4 is 10.6 Å². The first-order valence-electron chi connectivity index (χ1n) is 15.0. The van der Waals surface area contributed by atoms with E-state index in [0.29, 0.717) is 64.4 Å². The second kappa shape index (κ2) is 11.9. The van der Waals surface area contributed by atoms with Crippen LogP contribution in [0, 0.1) is 0 Å². The molecule has 2 heterocycles. The number of aliphatic carboxylic acids is 1. The number of hydrogen-bond donors (Lipinski definition) is 3. The first kappa shape index (κ1) is 28.8. The lowest BCUT2D eigenvalue weighted by Crippen LogP contribution is -2.45. The van der Waals surface area contributed by atoms with E-state index in [1.807, 2.05) is 47.0 Å². The average molecular weight is 612 g/mol. The maximum Gasteiger partial charge on any atom is 0.326 e. The van der Waals surface area contributed by atoms with Crippen LogP contribution in [0.3, 0.4) is 0 Å². The van der Waals surface area contributed by atoms with Crippen molar-refractivity contribution in [3.05, 3.63) is 137 Å². The number of carboxylic acid groups (broad SMARTS) is 1. The molecule has 2 aliphatic rings. The van der Waals surface area contributed by atoms with Crippen molar-refractivity contribution in [2.75, 3.05) is 5.32 Å². The number of anilines is 1. The zero-order valence-corrected chi connectivity index (χ0v) is 24.6. The summed E-state index contributed by atoms with van der Waals surface area (Å²) in [5.74, 6) is -0.621. The third-order valence-electron chi connectivity index (χ3n) is 8.56. The van der Waals surface area contributed by atoms with Gasteiger partial charge in [-0.15, -0.1) is 10.2 Å². The Kier molecular flexibility index (Phi) is 7.45. The molecule has 5 aromatic rings. The van der Waals surface area contributed by atoms with Crippen LogP contribution in [0.15, 0.2) is 97.1 Å². The number of carbonyl (C=O) groups is 4. The normalized spacial score (nSPS) is 15.0. The smallest absolute Gasteiger partial charge is 0.326 e. The van der Waals surface area contributed by atoms with Crippen molar-refractivity contribution in [1.29, 1.82) is 0 Å². The number of aryl methyl sites for hydroxylation is 1. The number of nitrogens with zero attached hydrogens (tertiary/aromatic N) is 3. The van der Waals surface area contributed by atoms with Gasteiger partial charge in [-0.2, -0.15) is 0 Å². The molecule has 1 aromatic heterocycles. The second-order valence-electron chi connectivity index (χ2n) is 11.5. The Morgan fingerprint density at radius 3 is 2.30 bits per heavy atom. The standard InChI is InChI=1S/C36H29N5O5/c42-33-25-10-5-4-9-24(25)32-26(33)11-6-12-27(32)34(43)37-23-15-13-22(14-16-23)19-28(36(45)46)38-35(44)29-17-18-30-39-40-31(41(29)30)20-21-7-2-1-3-8-21/h1-16,28-29H,17-20H2,(H,37,43)(H,38,44)(H,45,46)/t28-,29-/m0/s1. The minimum absolute atomic E-state index is 0.0546. The van der Waals surface area contributed by atoms with Gasteiger partial charge in [0.1, 0.15) is 23.7 Å². The van der Waals surface area contributed by atoms with E-state index >= 15 is 0 Å². The molecule has 1 aliphatic heterocycles. The third kappa shape index (κ3) is 5.34. The summed E-state index contributed by atoms with van der Waals surface area (Å²) in [4.78, 5) is 51.8. The Bertz CT molecular complexity index is 2000. The van der Waals surface area contributed by atoms with E-state index in [2.05, 4.69) is 20.8 Å². The molecule has 2 amide bonds. The van der Waals surface area contributed by atoms with Gasteiger partial charge in [0.25, 0.3) is 5.91 Å². The van der Waals surface area contributed by atoms with Gasteiger partial charge < -0.3 is 20.3 Å². The van der Waals surface area contributed by atoms with Crippen molar-refractivity contribution in [2.24, 2.45) is 0 Å². The summed E-state index contributed by atoms with van der Waals surface area (Å²) in [5, 5.41) is 24.1. The maximum atomic E-state index is 13.4. The van der Waals surface area contributed by atoms with Crippen LogP contribution in [0.1, 0.15) is 61.5 Å². The predicted molar refractivity (Wildman–Crippen MR) is 170 cm³/mol. The first-order chi connectivity index (χ1) is 22.4. The van der Waals surface area contributed by atoms with Crippen LogP contribution in [-0.4, -0.2) is 49.5 Å². The number of nitrogens with one attached hydrogen (secondary N) is 2. The number of carbonyl (C=O) groups excluding carboxylic acids is 3. The number of benzene rings is 4. The van der Waals surface area contributed by atoms with Gasteiger partial charge in [-0.05, 0) is 41.3 Å². The Morgan fingerprint density at radius 1 is 0.826 bits per heavy atom. The molecule has 10 nitrogen and oxygen atoms in total. The van der Waals surface area contributed by atoms with E-state index in [4.69, 9.17) is 0 Å². The molecular formula is C36H29N5O5. The molecule has 0 fully saturated rings. The second-order valence-corrected chi connectivity index (χ2v) is 11.5. The molecule has 1 aliphatic carbocycles. The van der Waals surface area contributed by atoms with Crippen LogP contribution in [-0.2, 0) is 28.9 Å². The van der Waals surface area contributed by atoms with Crippen LogP contribution in [0.5, 0.6) is 0 Å². The summed E-state index contributed by atoms with van der Waals surface area (Å²) in [5.41, 5.74) is 5.04. The summed E-state index contributed by atoms with van der Waals surface area (Å²) < 4.78 is 1.83. The minimum atomic E-state index is -1.16. The van der Waals surface area contributed by atoms with Gasteiger partial charge in [0, 0.05) is 47.2 Å². The molecule has 0 saturated carbocycles. The summed E-state index contributed by atoms with van der Waals surface area (Å²) >= 11 is 0. The lowest BCUT2D eigenvalue weighted by molar-refractivity contribution is -0.142. The van der Waals surface area contributed by atoms with Crippen LogP contribution >= 0.6 is 0 Å². The Hall–Kier alpha value is -5.90. The summed E-state index contributed by atoms with van der Waals surface area (Å²) in [6, 6.07) is 27.2. The molecule has 0 unspecified atom stereocenters. The van der Waals surface area contributed by atoms with E-state index in [-0.39, 0.29) is 24.0 Å². The molecule has 0 radical (unpaired) electrons. The number of rotatable bonds is 9. The predicted octanol–water partition coefficient (Wildman–Crippen LogP) is 4.63. The van der Waals surface area contributed by atoms with Crippen LogP contribution in [0.25, 0.3) is 11.1 Å². The van der Waals surface area contributed by atoms with E-state index in [0.717, 1.165) is 11.1 Å². The molecule has 4 aromatic carbocycles. The number of fused-ring (bicyclic) bond motifs is 4. The van der Waals surface area contributed by atoms with Crippen molar-refractivity contribution in [1.82, 2.24) is 20.1 Å².